The van der Waals surface area contributed by atoms with Gasteiger partial charge in [-0.2, -0.15) is 0 Å². The lowest BCUT2D eigenvalue weighted by Gasteiger charge is -2.57. The molecule has 184 valence electrons. The Morgan fingerprint density at radius 2 is 1.41 bits per heavy atom. The Hall–Kier alpha value is -0.393. The van der Waals surface area contributed by atoms with Crippen LogP contribution < -0.4 is 0 Å². The predicted octanol–water partition coefficient (Wildman–Crippen LogP) is 4.89. The van der Waals surface area contributed by atoms with E-state index >= 15 is 0 Å². The third kappa shape index (κ3) is 4.86. The molecule has 2 unspecified atom stereocenters. The van der Waals surface area contributed by atoms with Crippen molar-refractivity contribution in [3.63, 3.8) is 0 Å². The zero-order valence-corrected chi connectivity index (χ0v) is 23.3. The Bertz CT molecular complexity index is 578. The van der Waals surface area contributed by atoms with Crippen LogP contribution in [0, 0.1) is 23.7 Å². The summed E-state index contributed by atoms with van der Waals surface area (Å²) >= 11 is 0. The van der Waals surface area contributed by atoms with E-state index < -0.39 is 0 Å². The largest absolute Gasteiger partial charge is 0.466 e. The summed E-state index contributed by atoms with van der Waals surface area (Å²) in [6.07, 6.45) is 21.1. The first kappa shape index (κ1) is 24.7. The molecule has 32 heavy (non-hydrogen) atoms. The Labute approximate surface area is 200 Å². The number of esters is 1. The molecule has 0 amide bonds. The lowest BCUT2D eigenvalue weighted by atomic mass is 9.68. The van der Waals surface area contributed by atoms with Gasteiger partial charge in [0, 0.05) is 19.1 Å². The number of hydrogen-bond donors (Lipinski definition) is 0. The second-order valence-electron chi connectivity index (χ2n) is 11.6. The number of carbonyl (C=O) groups excluding carboxylic acids is 1. The third-order valence-corrected chi connectivity index (χ3v) is 10.8. The molecule has 0 spiro atoms. The molecule has 4 aliphatic rings. The fourth-order valence-electron chi connectivity index (χ4n) is 8.35. The van der Waals surface area contributed by atoms with E-state index in [1.807, 2.05) is 6.92 Å². The van der Waals surface area contributed by atoms with Crippen LogP contribution in [0.3, 0.4) is 0 Å². The number of carbonyl (C=O) groups is 1. The van der Waals surface area contributed by atoms with Gasteiger partial charge in [0.2, 0.25) is 0 Å². The van der Waals surface area contributed by atoms with Gasteiger partial charge in [-0.1, -0.05) is 64.7 Å². The molecule has 5 heteroatoms. The van der Waals surface area contributed by atoms with Crippen LogP contribution in [0.5, 0.6) is 0 Å². The van der Waals surface area contributed by atoms with Crippen molar-refractivity contribution < 1.29 is 9.53 Å². The van der Waals surface area contributed by atoms with Crippen molar-refractivity contribution in [1.82, 2.24) is 9.47 Å². The first-order valence-electron chi connectivity index (χ1n) is 14.2. The van der Waals surface area contributed by atoms with E-state index in [2.05, 4.69) is 16.4 Å². The van der Waals surface area contributed by atoms with Crippen molar-refractivity contribution in [2.75, 3.05) is 19.7 Å². The molecule has 2 atom stereocenters. The highest BCUT2D eigenvalue weighted by molar-refractivity contribution is 6.05. The maximum Gasteiger partial charge on any atom is 0.309 e. The summed E-state index contributed by atoms with van der Waals surface area (Å²) in [5, 5.41) is 0. The molecule has 1 saturated heterocycles. The summed E-state index contributed by atoms with van der Waals surface area (Å²) in [6.45, 7) is 6.75. The van der Waals surface area contributed by atoms with Crippen LogP contribution >= 0.6 is 0 Å². The first-order valence-corrected chi connectivity index (χ1v) is 15.1. The fraction of sp³-hybridized carbons (Fsp3) is 0.963. The molecular weight excluding hydrogens is 412 g/mol. The molecule has 0 radical (unpaired) electrons. The minimum atomic E-state index is -0.0271. The monoisotopic (exact) mass is 462 g/mol. The van der Waals surface area contributed by atoms with Crippen molar-refractivity contribution in [2.45, 2.75) is 122 Å². The van der Waals surface area contributed by atoms with Gasteiger partial charge >= 0.3 is 5.97 Å². The van der Waals surface area contributed by atoms with Gasteiger partial charge in [0.05, 0.1) is 28.6 Å². The molecule has 0 aromatic rings. The van der Waals surface area contributed by atoms with Gasteiger partial charge in [-0.25, -0.2) is 0 Å². The summed E-state index contributed by atoms with van der Waals surface area (Å²) in [4.78, 5) is 15.8. The van der Waals surface area contributed by atoms with Crippen molar-refractivity contribution in [2.24, 2.45) is 23.7 Å². The summed E-state index contributed by atoms with van der Waals surface area (Å²) in [5.74, 6) is 2.40. The van der Waals surface area contributed by atoms with E-state index in [1.54, 1.807) is 0 Å². The Kier molecular flexibility index (Phi) is 8.77. The van der Waals surface area contributed by atoms with Crippen molar-refractivity contribution in [3.8, 4) is 0 Å². The maximum absolute atomic E-state index is 12.8. The minimum Gasteiger partial charge on any atom is -0.466 e. The van der Waals surface area contributed by atoms with Gasteiger partial charge in [-0.05, 0) is 63.2 Å². The third-order valence-electron chi connectivity index (χ3n) is 9.70. The van der Waals surface area contributed by atoms with E-state index in [-0.39, 0.29) is 17.6 Å². The molecule has 0 aromatic carbocycles. The van der Waals surface area contributed by atoms with E-state index in [1.165, 1.54) is 103 Å². The van der Waals surface area contributed by atoms with Gasteiger partial charge in [0.25, 0.3) is 0 Å². The molecule has 3 aliphatic carbocycles. The maximum atomic E-state index is 12.8. The van der Waals surface area contributed by atoms with Gasteiger partial charge in [-0.15, -0.1) is 0 Å². The molecule has 1 heterocycles. The molecule has 0 aromatic heterocycles. The summed E-state index contributed by atoms with van der Waals surface area (Å²) in [7, 11) is 1.15. The number of rotatable bonds is 7. The molecule has 0 N–H and O–H groups in total. The smallest absolute Gasteiger partial charge is 0.309 e. The van der Waals surface area contributed by atoms with Gasteiger partial charge in [-0.3, -0.25) is 9.69 Å². The number of ether oxygens (including phenoxy) is 1. The molecule has 4 rings (SSSR count). The topological polar surface area (TPSA) is 32.8 Å². The minimum absolute atomic E-state index is 0.0166. The second-order valence-corrected chi connectivity index (χ2v) is 12.7. The summed E-state index contributed by atoms with van der Waals surface area (Å²) in [5.41, 5.74) is 0.218. The van der Waals surface area contributed by atoms with Crippen LogP contribution in [0.25, 0.3) is 0 Å². The van der Waals surface area contributed by atoms with Crippen LogP contribution in [-0.4, -0.2) is 57.2 Å². The van der Waals surface area contributed by atoms with Crippen molar-refractivity contribution in [3.05, 3.63) is 0 Å². The molecule has 1 aliphatic heterocycles. The van der Waals surface area contributed by atoms with Crippen molar-refractivity contribution in [1.29, 1.82) is 0 Å². The SMILES string of the molecule is CCOC(=O)C(C)CN1C(C2CCCCC2)CN([SiH3])C1(C1CCCCC1)C1CCCCC1. The van der Waals surface area contributed by atoms with Crippen LogP contribution in [0.2, 0.25) is 0 Å². The van der Waals surface area contributed by atoms with Crippen LogP contribution in [-0.2, 0) is 9.53 Å². The predicted molar refractivity (Wildman–Crippen MR) is 135 cm³/mol. The normalized spacial score (nSPS) is 30.5. The average molecular weight is 463 g/mol. The molecule has 3 saturated carbocycles. The zero-order valence-electron chi connectivity index (χ0n) is 21.3. The van der Waals surface area contributed by atoms with Crippen molar-refractivity contribution >= 4 is 16.4 Å². The fourth-order valence-corrected chi connectivity index (χ4v) is 9.71. The van der Waals surface area contributed by atoms with Crippen LogP contribution in [0.15, 0.2) is 0 Å². The van der Waals surface area contributed by atoms with Gasteiger partial charge < -0.3 is 9.30 Å². The Morgan fingerprint density at radius 1 is 0.906 bits per heavy atom. The molecule has 4 nitrogen and oxygen atoms in total. The molecular formula is C27H50N2O2Si. The highest BCUT2D eigenvalue weighted by atomic mass is 28.2. The Balaban J connectivity index is 1.71. The number of nitrogens with zero attached hydrogens (tertiary/aromatic N) is 2. The van der Waals surface area contributed by atoms with Gasteiger partial charge in [0.15, 0.2) is 0 Å². The van der Waals surface area contributed by atoms with E-state index in [4.69, 9.17) is 4.74 Å². The average Bonchev–Trinajstić information content (AvgIpc) is 3.13. The zero-order chi connectivity index (χ0) is 22.6. The van der Waals surface area contributed by atoms with E-state index in [0.717, 1.165) is 34.7 Å². The molecule has 4 fully saturated rings. The summed E-state index contributed by atoms with van der Waals surface area (Å²) < 4.78 is 8.48. The first-order chi connectivity index (χ1) is 15.6. The second kappa shape index (κ2) is 11.4. The number of hydrogen-bond acceptors (Lipinski definition) is 4. The highest BCUT2D eigenvalue weighted by Gasteiger charge is 2.59. The quantitative estimate of drug-likeness (QED) is 0.398. The lowest BCUT2D eigenvalue weighted by Crippen LogP contribution is -2.65. The standard InChI is InChI=1S/C27H50N2O2Si/c1-3-31-26(30)21(2)19-28-25(22-13-7-4-8-14-22)20-29(32)27(28,23-15-9-5-10-16-23)24-17-11-6-12-18-24/h21-25H,3-20H2,1-2,32H3. The highest BCUT2D eigenvalue weighted by Crippen LogP contribution is 2.53. The van der Waals surface area contributed by atoms with E-state index in [0.29, 0.717) is 12.6 Å². The summed E-state index contributed by atoms with van der Waals surface area (Å²) in [6, 6.07) is 0.647. The van der Waals surface area contributed by atoms with E-state index in [9.17, 15) is 4.79 Å². The Morgan fingerprint density at radius 3 is 1.91 bits per heavy atom. The van der Waals surface area contributed by atoms with Crippen LogP contribution in [0.1, 0.15) is 110 Å². The van der Waals surface area contributed by atoms with Gasteiger partial charge in [0.1, 0.15) is 0 Å². The lowest BCUT2D eigenvalue weighted by molar-refractivity contribution is -0.151. The molecule has 0 bridgehead atoms. The van der Waals surface area contributed by atoms with Crippen LogP contribution in [0.4, 0.5) is 0 Å².